The van der Waals surface area contributed by atoms with E-state index in [0.717, 1.165) is 51.5 Å². The quantitative estimate of drug-likeness (QED) is 0.910. The minimum atomic E-state index is -0.381. The Morgan fingerprint density at radius 2 is 1.90 bits per heavy atom. The first-order valence-electron chi connectivity index (χ1n) is 8.01. The lowest BCUT2D eigenvalue weighted by Gasteiger charge is -2.32. The van der Waals surface area contributed by atoms with Crippen molar-refractivity contribution < 1.29 is 9.84 Å². The summed E-state index contributed by atoms with van der Waals surface area (Å²) < 4.78 is 5.42. The van der Waals surface area contributed by atoms with Crippen molar-refractivity contribution in [1.82, 2.24) is 9.80 Å². The Morgan fingerprint density at radius 1 is 1.19 bits per heavy atom. The second-order valence-corrected chi connectivity index (χ2v) is 6.28. The Bertz CT molecular complexity index is 443. The van der Waals surface area contributed by atoms with Gasteiger partial charge in [-0.05, 0) is 25.5 Å². The van der Waals surface area contributed by atoms with Gasteiger partial charge < -0.3 is 9.84 Å². The third kappa shape index (κ3) is 3.83. The summed E-state index contributed by atoms with van der Waals surface area (Å²) in [6.07, 6.45) is 0.828. The van der Waals surface area contributed by atoms with E-state index in [1.54, 1.807) is 0 Å². The van der Waals surface area contributed by atoms with E-state index in [0.29, 0.717) is 6.04 Å². The zero-order chi connectivity index (χ0) is 14.7. The first kappa shape index (κ1) is 15.0. The fraction of sp³-hybridized carbons (Fsp3) is 0.647. The number of hydrogen-bond donors (Lipinski definition) is 1. The first-order chi connectivity index (χ1) is 10.2. The van der Waals surface area contributed by atoms with Crippen LogP contribution in [0.1, 0.15) is 23.7 Å². The van der Waals surface area contributed by atoms with E-state index in [1.165, 1.54) is 12.0 Å². The van der Waals surface area contributed by atoms with Gasteiger partial charge in [-0.2, -0.15) is 0 Å². The average molecular weight is 290 g/mol. The summed E-state index contributed by atoms with van der Waals surface area (Å²) in [4.78, 5) is 4.94. The summed E-state index contributed by atoms with van der Waals surface area (Å²) >= 11 is 0. The van der Waals surface area contributed by atoms with Gasteiger partial charge in [0, 0.05) is 32.2 Å². The molecule has 116 valence electrons. The highest BCUT2D eigenvalue weighted by atomic mass is 16.5. The van der Waals surface area contributed by atoms with Crippen molar-refractivity contribution in [1.29, 1.82) is 0 Å². The third-order valence-corrected chi connectivity index (χ3v) is 4.70. The molecule has 1 aromatic rings. The van der Waals surface area contributed by atoms with E-state index in [1.807, 2.05) is 12.1 Å². The molecule has 0 bridgehead atoms. The van der Waals surface area contributed by atoms with Crippen LogP contribution in [0, 0.1) is 6.92 Å². The molecule has 2 aliphatic rings. The highest BCUT2D eigenvalue weighted by molar-refractivity contribution is 5.23. The van der Waals surface area contributed by atoms with Crippen molar-refractivity contribution in [2.45, 2.75) is 25.5 Å². The van der Waals surface area contributed by atoms with Crippen LogP contribution >= 0.6 is 0 Å². The van der Waals surface area contributed by atoms with Crippen molar-refractivity contribution >= 4 is 0 Å². The molecule has 0 aromatic heterocycles. The van der Waals surface area contributed by atoms with Crippen LogP contribution in [-0.4, -0.2) is 66.9 Å². The van der Waals surface area contributed by atoms with Gasteiger partial charge in [-0.15, -0.1) is 0 Å². The number of hydrogen-bond acceptors (Lipinski definition) is 4. The molecule has 4 heteroatoms. The summed E-state index contributed by atoms with van der Waals surface area (Å²) in [5.74, 6) is 0. The lowest BCUT2D eigenvalue weighted by atomic mass is 10.1. The van der Waals surface area contributed by atoms with Crippen LogP contribution in [0.4, 0.5) is 0 Å². The largest absolute Gasteiger partial charge is 0.387 e. The first-order valence-corrected chi connectivity index (χ1v) is 8.01. The number of aliphatic hydroxyl groups is 1. The molecule has 1 aromatic carbocycles. The smallest absolute Gasteiger partial charge is 0.0916 e. The second-order valence-electron chi connectivity index (χ2n) is 6.28. The normalized spacial score (nSPS) is 26.1. The van der Waals surface area contributed by atoms with Crippen LogP contribution in [0.3, 0.4) is 0 Å². The third-order valence-electron chi connectivity index (χ3n) is 4.70. The maximum absolute atomic E-state index is 10.4. The summed E-state index contributed by atoms with van der Waals surface area (Å²) in [6, 6.07) is 8.85. The molecule has 2 fully saturated rings. The van der Waals surface area contributed by atoms with Gasteiger partial charge in [-0.3, -0.25) is 9.80 Å². The molecule has 2 atom stereocenters. The predicted octanol–water partition coefficient (Wildman–Crippen LogP) is 1.43. The Kier molecular flexibility index (Phi) is 4.91. The molecule has 4 nitrogen and oxygen atoms in total. The number of likely N-dealkylation sites (tertiary alicyclic amines) is 1. The molecule has 2 heterocycles. The van der Waals surface area contributed by atoms with Crippen molar-refractivity contribution in [3.8, 4) is 0 Å². The molecule has 0 amide bonds. The Hall–Kier alpha value is -0.940. The van der Waals surface area contributed by atoms with Crippen molar-refractivity contribution in [3.05, 3.63) is 35.4 Å². The summed E-state index contributed by atoms with van der Waals surface area (Å²) in [5, 5.41) is 10.4. The van der Waals surface area contributed by atoms with E-state index in [9.17, 15) is 5.11 Å². The minimum absolute atomic E-state index is 0.381. The summed E-state index contributed by atoms with van der Waals surface area (Å²) in [6.45, 7) is 8.81. The Morgan fingerprint density at radius 3 is 2.62 bits per heavy atom. The monoisotopic (exact) mass is 290 g/mol. The summed E-state index contributed by atoms with van der Waals surface area (Å²) in [7, 11) is 0. The molecule has 2 unspecified atom stereocenters. The van der Waals surface area contributed by atoms with Gasteiger partial charge in [0.15, 0.2) is 0 Å². The molecule has 0 radical (unpaired) electrons. The zero-order valence-corrected chi connectivity index (χ0v) is 12.9. The van der Waals surface area contributed by atoms with Crippen molar-refractivity contribution in [2.75, 3.05) is 45.9 Å². The number of ether oxygens (including phenoxy) is 1. The maximum atomic E-state index is 10.4. The van der Waals surface area contributed by atoms with E-state index in [4.69, 9.17) is 4.74 Å². The lowest BCUT2D eigenvalue weighted by Crippen LogP contribution is -2.44. The van der Waals surface area contributed by atoms with Gasteiger partial charge in [0.1, 0.15) is 0 Å². The number of nitrogens with zero attached hydrogens (tertiary/aromatic N) is 2. The fourth-order valence-corrected chi connectivity index (χ4v) is 3.36. The lowest BCUT2D eigenvalue weighted by molar-refractivity contribution is 0.0174. The number of aryl methyl sites for hydroxylation is 1. The zero-order valence-electron chi connectivity index (χ0n) is 12.9. The number of rotatable bonds is 4. The highest BCUT2D eigenvalue weighted by Gasteiger charge is 2.29. The topological polar surface area (TPSA) is 35.9 Å². The number of benzene rings is 1. The van der Waals surface area contributed by atoms with Crippen LogP contribution < -0.4 is 0 Å². The Labute approximate surface area is 127 Å². The minimum Gasteiger partial charge on any atom is -0.387 e. The van der Waals surface area contributed by atoms with Crippen molar-refractivity contribution in [3.63, 3.8) is 0 Å². The average Bonchev–Trinajstić information content (AvgIpc) is 2.97. The van der Waals surface area contributed by atoms with Crippen LogP contribution in [0.5, 0.6) is 0 Å². The number of morpholine rings is 1. The van der Waals surface area contributed by atoms with Crippen LogP contribution in [0.25, 0.3) is 0 Å². The number of aliphatic hydroxyl groups excluding tert-OH is 1. The molecular weight excluding hydrogens is 264 g/mol. The molecule has 0 saturated carbocycles. The van der Waals surface area contributed by atoms with Gasteiger partial charge in [0.2, 0.25) is 0 Å². The Balaban J connectivity index is 1.50. The van der Waals surface area contributed by atoms with E-state index in [-0.39, 0.29) is 6.10 Å². The van der Waals surface area contributed by atoms with Gasteiger partial charge in [-0.1, -0.05) is 29.8 Å². The second kappa shape index (κ2) is 6.88. The van der Waals surface area contributed by atoms with Crippen molar-refractivity contribution in [2.24, 2.45) is 0 Å². The van der Waals surface area contributed by atoms with Crippen LogP contribution in [0.15, 0.2) is 24.3 Å². The van der Waals surface area contributed by atoms with E-state index < -0.39 is 0 Å². The molecule has 21 heavy (non-hydrogen) atoms. The van der Waals surface area contributed by atoms with Gasteiger partial charge in [0.25, 0.3) is 0 Å². The van der Waals surface area contributed by atoms with Crippen LogP contribution in [0.2, 0.25) is 0 Å². The molecule has 2 saturated heterocycles. The van der Waals surface area contributed by atoms with E-state index in [2.05, 4.69) is 28.9 Å². The van der Waals surface area contributed by atoms with Gasteiger partial charge >= 0.3 is 0 Å². The number of β-amino-alcohol motifs (C(OH)–C–C–N with tert-alkyl or cyclic N) is 1. The maximum Gasteiger partial charge on any atom is 0.0916 e. The predicted molar refractivity (Wildman–Crippen MR) is 83.4 cm³/mol. The summed E-state index contributed by atoms with van der Waals surface area (Å²) in [5.41, 5.74) is 2.26. The van der Waals surface area contributed by atoms with Crippen LogP contribution in [-0.2, 0) is 4.74 Å². The highest BCUT2D eigenvalue weighted by Crippen LogP contribution is 2.21. The molecule has 3 rings (SSSR count). The van der Waals surface area contributed by atoms with E-state index >= 15 is 0 Å². The van der Waals surface area contributed by atoms with Gasteiger partial charge in [-0.25, -0.2) is 0 Å². The SMILES string of the molecule is Cc1ccc(C(O)CN2CCC(N3CCOCC3)C2)cc1. The standard InChI is InChI=1S/C17H26N2O2/c1-14-2-4-15(5-3-14)17(20)13-18-7-6-16(12-18)19-8-10-21-11-9-19/h2-5,16-17,20H,6-13H2,1H3. The fourth-order valence-electron chi connectivity index (χ4n) is 3.36. The molecule has 2 aliphatic heterocycles. The molecule has 0 aliphatic carbocycles. The molecule has 0 spiro atoms. The van der Waals surface area contributed by atoms with Gasteiger partial charge in [0.05, 0.1) is 19.3 Å². The molecular formula is C17H26N2O2. The molecule has 1 N–H and O–H groups in total.